The van der Waals surface area contributed by atoms with Gasteiger partial charge in [0, 0.05) is 13.7 Å². The van der Waals surface area contributed by atoms with Gasteiger partial charge < -0.3 is 25.3 Å². The lowest BCUT2D eigenvalue weighted by Crippen LogP contribution is -2.45. The van der Waals surface area contributed by atoms with Gasteiger partial charge in [-0.2, -0.15) is 0 Å². The van der Waals surface area contributed by atoms with Gasteiger partial charge in [-0.05, 0) is 18.9 Å². The van der Waals surface area contributed by atoms with E-state index >= 15 is 0 Å². The summed E-state index contributed by atoms with van der Waals surface area (Å²) >= 11 is 0. The molecule has 27 heavy (non-hydrogen) atoms. The van der Waals surface area contributed by atoms with E-state index in [2.05, 4.69) is 5.32 Å². The van der Waals surface area contributed by atoms with Crippen molar-refractivity contribution in [3.63, 3.8) is 0 Å². The predicted molar refractivity (Wildman–Crippen MR) is 96.8 cm³/mol. The molecule has 1 aromatic carbocycles. The SMILES string of the molecule is CCOC(=O)[C@H]1O[C@@H]1C(=O)NC[C@@H](COC)C(=O)[C@@H](N)Cc1ccccc1. The van der Waals surface area contributed by atoms with Gasteiger partial charge in [0.15, 0.2) is 18.0 Å². The van der Waals surface area contributed by atoms with Crippen molar-refractivity contribution >= 4 is 17.7 Å². The number of carbonyl (C=O) groups excluding carboxylic acids is 3. The third kappa shape index (κ3) is 6.13. The highest BCUT2D eigenvalue weighted by Crippen LogP contribution is 2.23. The third-order valence-electron chi connectivity index (χ3n) is 4.23. The van der Waals surface area contributed by atoms with Gasteiger partial charge in [-0.25, -0.2) is 4.79 Å². The van der Waals surface area contributed by atoms with Crippen LogP contribution in [0.3, 0.4) is 0 Å². The zero-order valence-electron chi connectivity index (χ0n) is 15.6. The molecule has 148 valence electrons. The molecule has 0 spiro atoms. The van der Waals surface area contributed by atoms with Gasteiger partial charge in [-0.15, -0.1) is 0 Å². The van der Waals surface area contributed by atoms with Crippen LogP contribution in [-0.2, 0) is 35.0 Å². The Balaban J connectivity index is 1.84. The Morgan fingerprint density at radius 3 is 2.56 bits per heavy atom. The van der Waals surface area contributed by atoms with E-state index in [0.717, 1.165) is 5.56 Å². The monoisotopic (exact) mass is 378 g/mol. The summed E-state index contributed by atoms with van der Waals surface area (Å²) in [6, 6.07) is 8.77. The number of epoxide rings is 1. The van der Waals surface area contributed by atoms with Gasteiger partial charge >= 0.3 is 5.97 Å². The number of hydrogen-bond acceptors (Lipinski definition) is 7. The number of ether oxygens (including phenoxy) is 3. The quantitative estimate of drug-likeness (QED) is 0.405. The number of hydrogen-bond donors (Lipinski definition) is 2. The standard InChI is InChI=1S/C19H26N2O6/c1-3-26-19(24)17-16(27-17)18(23)21-10-13(11-25-2)15(22)14(20)9-12-7-5-4-6-8-12/h4-8,13-14,16-17H,3,9-11,20H2,1-2H3,(H,21,23)/t13-,14-,16-,17-/m0/s1. The number of Topliss-reactive ketones (excluding diaryl/α,β-unsaturated/α-hetero) is 1. The topological polar surface area (TPSA) is 120 Å². The fourth-order valence-corrected chi connectivity index (χ4v) is 2.75. The third-order valence-corrected chi connectivity index (χ3v) is 4.23. The molecule has 1 aliphatic heterocycles. The highest BCUT2D eigenvalue weighted by molar-refractivity contribution is 5.93. The molecular formula is C19H26N2O6. The molecule has 0 bridgehead atoms. The molecule has 8 heteroatoms. The van der Waals surface area contributed by atoms with Gasteiger partial charge in [-0.3, -0.25) is 9.59 Å². The zero-order valence-corrected chi connectivity index (χ0v) is 15.6. The first-order chi connectivity index (χ1) is 13.0. The first kappa shape index (κ1) is 21.0. The number of amides is 1. The molecule has 8 nitrogen and oxygen atoms in total. The number of esters is 1. The van der Waals surface area contributed by atoms with Crippen LogP contribution in [0.4, 0.5) is 0 Å². The van der Waals surface area contributed by atoms with E-state index in [1.807, 2.05) is 30.3 Å². The number of methoxy groups -OCH3 is 1. The predicted octanol–water partition coefficient (Wildman–Crippen LogP) is -0.165. The number of nitrogens with one attached hydrogen (secondary N) is 1. The van der Waals surface area contributed by atoms with Crippen molar-refractivity contribution in [2.75, 3.05) is 26.9 Å². The van der Waals surface area contributed by atoms with Crippen LogP contribution in [0.1, 0.15) is 12.5 Å². The normalized spacial score (nSPS) is 20.4. The van der Waals surface area contributed by atoms with Crippen LogP contribution in [0.15, 0.2) is 30.3 Å². The van der Waals surface area contributed by atoms with E-state index in [-0.39, 0.29) is 25.5 Å². The van der Waals surface area contributed by atoms with Crippen LogP contribution in [0, 0.1) is 5.92 Å². The Hall–Kier alpha value is -2.29. The molecule has 3 N–H and O–H groups in total. The van der Waals surface area contributed by atoms with Crippen molar-refractivity contribution in [2.24, 2.45) is 11.7 Å². The number of nitrogens with two attached hydrogens (primary N) is 1. The summed E-state index contributed by atoms with van der Waals surface area (Å²) in [5, 5.41) is 2.63. The van der Waals surface area contributed by atoms with Crippen LogP contribution < -0.4 is 11.1 Å². The first-order valence-electron chi connectivity index (χ1n) is 8.89. The molecule has 0 radical (unpaired) electrons. The first-order valence-corrected chi connectivity index (χ1v) is 8.89. The maximum absolute atomic E-state index is 12.6. The minimum Gasteiger partial charge on any atom is -0.464 e. The lowest BCUT2D eigenvalue weighted by molar-refractivity contribution is -0.144. The lowest BCUT2D eigenvalue weighted by atomic mass is 9.94. The summed E-state index contributed by atoms with van der Waals surface area (Å²) < 4.78 is 14.9. The van der Waals surface area contributed by atoms with Crippen LogP contribution >= 0.6 is 0 Å². The van der Waals surface area contributed by atoms with Gasteiger partial charge in [0.05, 0.1) is 25.2 Å². The molecule has 1 saturated heterocycles. The van der Waals surface area contributed by atoms with Crippen molar-refractivity contribution in [1.82, 2.24) is 5.32 Å². The van der Waals surface area contributed by atoms with Crippen LogP contribution in [0.5, 0.6) is 0 Å². The van der Waals surface area contributed by atoms with Crippen molar-refractivity contribution in [1.29, 1.82) is 0 Å². The summed E-state index contributed by atoms with van der Waals surface area (Å²) in [5.74, 6) is -1.80. The second-order valence-corrected chi connectivity index (χ2v) is 6.33. The molecule has 0 aromatic heterocycles. The van der Waals surface area contributed by atoms with E-state index in [4.69, 9.17) is 19.9 Å². The number of ketones is 1. The Morgan fingerprint density at radius 2 is 1.93 bits per heavy atom. The zero-order chi connectivity index (χ0) is 19.8. The minimum absolute atomic E-state index is 0.0589. The van der Waals surface area contributed by atoms with Crippen LogP contribution in [0.2, 0.25) is 0 Å². The van der Waals surface area contributed by atoms with Crippen molar-refractivity contribution < 1.29 is 28.6 Å². The van der Waals surface area contributed by atoms with E-state index in [0.29, 0.717) is 6.42 Å². The fraction of sp³-hybridized carbons (Fsp3) is 0.526. The van der Waals surface area contributed by atoms with E-state index in [1.165, 1.54) is 7.11 Å². The van der Waals surface area contributed by atoms with E-state index in [9.17, 15) is 14.4 Å². The Morgan fingerprint density at radius 1 is 1.22 bits per heavy atom. The molecule has 1 aliphatic rings. The van der Waals surface area contributed by atoms with E-state index < -0.39 is 36.0 Å². The minimum atomic E-state index is -0.875. The molecule has 4 atom stereocenters. The highest BCUT2D eigenvalue weighted by atomic mass is 16.6. The van der Waals surface area contributed by atoms with Gasteiger partial charge in [-0.1, -0.05) is 30.3 Å². The maximum atomic E-state index is 12.6. The Bertz CT molecular complexity index is 651. The van der Waals surface area contributed by atoms with Gasteiger partial charge in [0.25, 0.3) is 5.91 Å². The number of carbonyl (C=O) groups is 3. The molecule has 1 heterocycles. The summed E-state index contributed by atoms with van der Waals surface area (Å²) in [7, 11) is 1.48. The Kier molecular flexibility index (Phi) is 7.90. The average molecular weight is 378 g/mol. The molecule has 0 aliphatic carbocycles. The molecular weight excluding hydrogens is 352 g/mol. The molecule has 0 saturated carbocycles. The summed E-state index contributed by atoms with van der Waals surface area (Å²) in [5.41, 5.74) is 7.01. The molecule has 1 amide bonds. The second-order valence-electron chi connectivity index (χ2n) is 6.33. The second kappa shape index (κ2) is 10.1. The molecule has 0 unspecified atom stereocenters. The lowest BCUT2D eigenvalue weighted by Gasteiger charge is -2.19. The van der Waals surface area contributed by atoms with Crippen LogP contribution in [0.25, 0.3) is 0 Å². The number of rotatable bonds is 11. The van der Waals surface area contributed by atoms with Crippen molar-refractivity contribution in [3.05, 3.63) is 35.9 Å². The number of benzene rings is 1. The Labute approximate surface area is 158 Å². The molecule has 2 rings (SSSR count). The average Bonchev–Trinajstić information content (AvgIpc) is 3.46. The summed E-state index contributed by atoms with van der Waals surface area (Å²) in [4.78, 5) is 36.2. The van der Waals surface area contributed by atoms with Crippen LogP contribution in [-0.4, -0.2) is 62.8 Å². The molecule has 1 aromatic rings. The van der Waals surface area contributed by atoms with Crippen molar-refractivity contribution in [2.45, 2.75) is 31.6 Å². The van der Waals surface area contributed by atoms with Gasteiger partial charge in [0.2, 0.25) is 0 Å². The van der Waals surface area contributed by atoms with E-state index in [1.54, 1.807) is 6.92 Å². The highest BCUT2D eigenvalue weighted by Gasteiger charge is 2.51. The smallest absolute Gasteiger partial charge is 0.338 e. The molecule has 1 fully saturated rings. The van der Waals surface area contributed by atoms with Gasteiger partial charge in [0.1, 0.15) is 0 Å². The summed E-state index contributed by atoms with van der Waals surface area (Å²) in [6.07, 6.45) is -1.34. The summed E-state index contributed by atoms with van der Waals surface area (Å²) in [6.45, 7) is 2.09. The largest absolute Gasteiger partial charge is 0.464 e. The van der Waals surface area contributed by atoms with Crippen molar-refractivity contribution in [3.8, 4) is 0 Å². The fourth-order valence-electron chi connectivity index (χ4n) is 2.75. The maximum Gasteiger partial charge on any atom is 0.338 e.